The molecule has 4 aliphatic heterocycles. The summed E-state index contributed by atoms with van der Waals surface area (Å²) in [5, 5.41) is 10.2. The third-order valence-corrected chi connectivity index (χ3v) is 7.96. The van der Waals surface area contributed by atoms with E-state index < -0.39 is 46.6 Å². The molecule has 6 atom stereocenters. The van der Waals surface area contributed by atoms with Crippen molar-refractivity contribution in [3.05, 3.63) is 24.3 Å². The lowest BCUT2D eigenvalue weighted by Crippen LogP contribution is -2.61. The summed E-state index contributed by atoms with van der Waals surface area (Å²) in [5.74, 6) is -2.80. The molecule has 4 heterocycles. The molecule has 2 saturated heterocycles. The summed E-state index contributed by atoms with van der Waals surface area (Å²) in [5.41, 5.74) is -2.85. The van der Waals surface area contributed by atoms with Crippen molar-refractivity contribution < 1.29 is 29.0 Å². The Bertz CT molecular complexity index is 903. The van der Waals surface area contributed by atoms with Crippen LogP contribution in [0.3, 0.4) is 0 Å². The average Bonchev–Trinajstić information content (AvgIpc) is 3.16. The van der Waals surface area contributed by atoms with Gasteiger partial charge in [0, 0.05) is 12.1 Å². The number of ether oxygens (including phenoxy) is 2. The summed E-state index contributed by atoms with van der Waals surface area (Å²) >= 11 is 0. The molecule has 4 rings (SSSR count). The highest BCUT2D eigenvalue weighted by Gasteiger charge is 2.76. The summed E-state index contributed by atoms with van der Waals surface area (Å²) in [6, 6.07) is -1.53. The standard InChI is InChI=1S/C26H38N2O6/c1-6-17(16-29)28-20-22(31)27(24(3,4)5)14-11-13-26(20)18(21(28)30)19-23(32)33-15-10-8-9-12-25(19,7-2)34-26/h9,11-13,17-20,29H,6-8,10,14-16H2,1-5H3/b12-9-/t17-,18-,19+,20?,25-,26-/m0/s1. The van der Waals surface area contributed by atoms with E-state index in [-0.39, 0.29) is 25.0 Å². The van der Waals surface area contributed by atoms with Gasteiger partial charge in [0.25, 0.3) is 0 Å². The van der Waals surface area contributed by atoms with Crippen LogP contribution in [0.1, 0.15) is 60.3 Å². The number of nitrogens with zero attached hydrogens (tertiary/aromatic N) is 2. The third-order valence-electron chi connectivity index (χ3n) is 7.96. The van der Waals surface area contributed by atoms with Crippen LogP contribution < -0.4 is 0 Å². The zero-order chi connectivity index (χ0) is 24.9. The summed E-state index contributed by atoms with van der Waals surface area (Å²) < 4.78 is 12.5. The number of rotatable bonds is 4. The van der Waals surface area contributed by atoms with Gasteiger partial charge < -0.3 is 24.4 Å². The minimum Gasteiger partial charge on any atom is -0.465 e. The highest BCUT2D eigenvalue weighted by molar-refractivity contribution is 5.99. The van der Waals surface area contributed by atoms with Crippen molar-refractivity contribution in [2.24, 2.45) is 11.8 Å². The van der Waals surface area contributed by atoms with Crippen molar-refractivity contribution in [1.29, 1.82) is 0 Å². The Labute approximate surface area is 201 Å². The second-order valence-electron chi connectivity index (χ2n) is 10.8. The minimum absolute atomic E-state index is 0.227. The van der Waals surface area contributed by atoms with Gasteiger partial charge in [-0.3, -0.25) is 14.4 Å². The Balaban J connectivity index is 1.94. The van der Waals surface area contributed by atoms with E-state index in [1.54, 1.807) is 4.90 Å². The van der Waals surface area contributed by atoms with Crippen molar-refractivity contribution in [2.45, 2.75) is 89.1 Å². The molecule has 0 bridgehead atoms. The molecule has 0 aromatic carbocycles. The lowest BCUT2D eigenvalue weighted by atomic mass is 9.73. The van der Waals surface area contributed by atoms with Crippen LogP contribution in [0.4, 0.5) is 0 Å². The van der Waals surface area contributed by atoms with Gasteiger partial charge in [0.1, 0.15) is 23.2 Å². The van der Waals surface area contributed by atoms with Crippen LogP contribution in [-0.4, -0.2) is 81.3 Å². The van der Waals surface area contributed by atoms with Crippen molar-refractivity contribution >= 4 is 17.8 Å². The van der Waals surface area contributed by atoms with Crippen molar-refractivity contribution in [1.82, 2.24) is 9.80 Å². The molecule has 188 valence electrons. The first-order valence-electron chi connectivity index (χ1n) is 12.5. The molecule has 0 saturated carbocycles. The Kier molecular flexibility index (Phi) is 6.44. The number of allylic oxidation sites excluding steroid dienone is 1. The topological polar surface area (TPSA) is 96.4 Å². The van der Waals surface area contributed by atoms with Crippen molar-refractivity contribution in [3.63, 3.8) is 0 Å². The highest BCUT2D eigenvalue weighted by atomic mass is 16.6. The van der Waals surface area contributed by atoms with Gasteiger partial charge >= 0.3 is 5.97 Å². The Morgan fingerprint density at radius 2 is 1.85 bits per heavy atom. The fraction of sp³-hybridized carbons (Fsp3) is 0.731. The summed E-state index contributed by atoms with van der Waals surface area (Å²) in [6.45, 7) is 10.1. The van der Waals surface area contributed by atoms with Gasteiger partial charge in [-0.15, -0.1) is 0 Å². The first-order chi connectivity index (χ1) is 16.1. The maximum absolute atomic E-state index is 14.2. The summed E-state index contributed by atoms with van der Waals surface area (Å²) in [6.07, 6.45) is 10.0. The number of aliphatic hydroxyl groups is 1. The van der Waals surface area contributed by atoms with Gasteiger partial charge in [-0.05, 0) is 46.5 Å². The molecule has 2 amide bonds. The highest BCUT2D eigenvalue weighted by Crippen LogP contribution is 2.58. The number of esters is 1. The molecule has 34 heavy (non-hydrogen) atoms. The molecule has 2 fully saturated rings. The number of fused-ring (bicyclic) bond motifs is 2. The molecule has 0 radical (unpaired) electrons. The van der Waals surface area contributed by atoms with Gasteiger partial charge in [0.05, 0.1) is 25.2 Å². The lowest BCUT2D eigenvalue weighted by molar-refractivity contribution is -0.164. The number of cyclic esters (lactones) is 1. The summed E-state index contributed by atoms with van der Waals surface area (Å²) in [7, 11) is 0. The molecule has 0 aliphatic carbocycles. The maximum atomic E-state index is 14.2. The third kappa shape index (κ3) is 3.52. The number of amides is 2. The molecule has 1 N–H and O–H groups in total. The molecule has 0 aromatic rings. The second kappa shape index (κ2) is 8.79. The van der Waals surface area contributed by atoms with Crippen molar-refractivity contribution in [2.75, 3.05) is 19.8 Å². The fourth-order valence-electron chi connectivity index (χ4n) is 6.22. The SMILES string of the molecule is CC[C@@H](CO)N1C(=O)[C@@H]2[C@@H]3C(=O)OCCC/C=C\[C@]3(CC)O[C@@]23C=CCN(C(C)(C)C)C(=O)C13. The van der Waals surface area contributed by atoms with Crippen LogP contribution in [0.2, 0.25) is 0 Å². The first kappa shape index (κ1) is 24.9. The van der Waals surface area contributed by atoms with Gasteiger partial charge in [-0.25, -0.2) is 0 Å². The van der Waals surface area contributed by atoms with E-state index in [0.29, 0.717) is 25.8 Å². The van der Waals surface area contributed by atoms with Gasteiger partial charge in [0.2, 0.25) is 11.8 Å². The molecule has 8 nitrogen and oxygen atoms in total. The van der Waals surface area contributed by atoms with Crippen LogP contribution in [0.5, 0.6) is 0 Å². The normalized spacial score (nSPS) is 37.7. The van der Waals surface area contributed by atoms with E-state index in [4.69, 9.17) is 9.47 Å². The lowest BCUT2D eigenvalue weighted by Gasteiger charge is -2.43. The Morgan fingerprint density at radius 3 is 2.47 bits per heavy atom. The van der Waals surface area contributed by atoms with E-state index >= 15 is 0 Å². The smallest absolute Gasteiger partial charge is 0.313 e. The molecule has 1 spiro atoms. The molecule has 4 aliphatic rings. The zero-order valence-corrected chi connectivity index (χ0v) is 21.0. The molecular formula is C26H38N2O6. The average molecular weight is 475 g/mol. The van der Waals surface area contributed by atoms with E-state index in [9.17, 15) is 19.5 Å². The van der Waals surface area contributed by atoms with Crippen LogP contribution in [0.25, 0.3) is 0 Å². The number of carbonyl (C=O) groups excluding carboxylic acids is 3. The van der Waals surface area contributed by atoms with Crippen LogP contribution >= 0.6 is 0 Å². The second-order valence-corrected chi connectivity index (χ2v) is 10.8. The van der Waals surface area contributed by atoms with Gasteiger partial charge in [-0.1, -0.05) is 38.2 Å². The van der Waals surface area contributed by atoms with E-state index in [1.165, 1.54) is 4.90 Å². The fourth-order valence-corrected chi connectivity index (χ4v) is 6.22. The van der Waals surface area contributed by atoms with E-state index in [1.807, 2.05) is 58.9 Å². The predicted octanol–water partition coefficient (Wildman–Crippen LogP) is 2.21. The molecule has 8 heteroatoms. The van der Waals surface area contributed by atoms with Crippen LogP contribution in [0.15, 0.2) is 24.3 Å². The maximum Gasteiger partial charge on any atom is 0.313 e. The zero-order valence-electron chi connectivity index (χ0n) is 21.0. The van der Waals surface area contributed by atoms with E-state index in [0.717, 1.165) is 6.42 Å². The summed E-state index contributed by atoms with van der Waals surface area (Å²) in [4.78, 5) is 45.0. The number of hydrogen-bond donors (Lipinski definition) is 1. The van der Waals surface area contributed by atoms with Gasteiger partial charge in [-0.2, -0.15) is 0 Å². The Hall–Kier alpha value is -2.19. The molecule has 1 unspecified atom stereocenters. The Morgan fingerprint density at radius 1 is 1.12 bits per heavy atom. The minimum atomic E-state index is -1.32. The van der Waals surface area contributed by atoms with Crippen LogP contribution in [0, 0.1) is 11.8 Å². The number of likely N-dealkylation sites (tertiary alicyclic amines) is 1. The number of carbonyl (C=O) groups is 3. The number of aliphatic hydroxyl groups excluding tert-OH is 1. The predicted molar refractivity (Wildman–Crippen MR) is 126 cm³/mol. The van der Waals surface area contributed by atoms with Crippen molar-refractivity contribution in [3.8, 4) is 0 Å². The van der Waals surface area contributed by atoms with E-state index in [2.05, 4.69) is 0 Å². The monoisotopic (exact) mass is 474 g/mol. The first-order valence-corrected chi connectivity index (χ1v) is 12.5. The largest absolute Gasteiger partial charge is 0.465 e. The number of hydrogen-bond acceptors (Lipinski definition) is 6. The van der Waals surface area contributed by atoms with Crippen LogP contribution in [-0.2, 0) is 23.9 Å². The molecule has 0 aromatic heterocycles. The van der Waals surface area contributed by atoms with Gasteiger partial charge in [0.15, 0.2) is 0 Å². The molecular weight excluding hydrogens is 436 g/mol. The quantitative estimate of drug-likeness (QED) is 0.496.